The van der Waals surface area contributed by atoms with Crippen molar-refractivity contribution in [2.75, 3.05) is 19.8 Å². The van der Waals surface area contributed by atoms with Crippen LogP contribution in [0.15, 0.2) is 12.2 Å². The molecule has 2 fully saturated rings. The smallest absolute Gasteiger partial charge is 0.229 e. The van der Waals surface area contributed by atoms with E-state index in [1.165, 1.54) is 0 Å². The molecule has 0 aromatic heterocycles. The lowest BCUT2D eigenvalue weighted by molar-refractivity contribution is -0.126. The highest BCUT2D eigenvalue weighted by Gasteiger charge is 2.63. The number of amides is 1. The predicted molar refractivity (Wildman–Crippen MR) is 49.2 cm³/mol. The molecular formula is C10H15NO2. The van der Waals surface area contributed by atoms with E-state index in [-0.39, 0.29) is 11.3 Å². The third-order valence-corrected chi connectivity index (χ3v) is 2.98. The minimum absolute atomic E-state index is 0.137. The quantitative estimate of drug-likeness (QED) is 0.651. The minimum Gasteiger partial charge on any atom is -0.380 e. The lowest BCUT2D eigenvalue weighted by atomic mass is 10.1. The van der Waals surface area contributed by atoms with Gasteiger partial charge in [0.1, 0.15) is 0 Å². The molecule has 2 atom stereocenters. The number of hydrogen-bond acceptors (Lipinski definition) is 2. The molecule has 72 valence electrons. The molecule has 1 aliphatic heterocycles. The van der Waals surface area contributed by atoms with Gasteiger partial charge >= 0.3 is 0 Å². The molecule has 1 amide bonds. The zero-order valence-electron chi connectivity index (χ0n) is 7.88. The normalized spacial score (nSPS) is 36.2. The summed E-state index contributed by atoms with van der Waals surface area (Å²) >= 11 is 0. The van der Waals surface area contributed by atoms with Gasteiger partial charge in [0.15, 0.2) is 0 Å². The number of allylic oxidation sites excluding steroid dienone is 1. The number of ether oxygens (including phenoxy) is 1. The van der Waals surface area contributed by atoms with E-state index in [4.69, 9.17) is 4.74 Å². The van der Waals surface area contributed by atoms with Gasteiger partial charge in [0.2, 0.25) is 5.91 Å². The molecule has 1 N–H and O–H groups in total. The molecule has 0 aromatic carbocycles. The number of hydrogen-bond donors (Lipinski definition) is 1. The van der Waals surface area contributed by atoms with E-state index in [0.29, 0.717) is 19.1 Å². The van der Waals surface area contributed by atoms with Gasteiger partial charge in [-0.25, -0.2) is 0 Å². The topological polar surface area (TPSA) is 38.3 Å². The van der Waals surface area contributed by atoms with E-state index in [9.17, 15) is 4.79 Å². The highest BCUT2D eigenvalue weighted by molar-refractivity contribution is 5.86. The highest BCUT2D eigenvalue weighted by atomic mass is 16.5. The maximum Gasteiger partial charge on any atom is 0.229 e. The number of carbonyl (C=O) groups is 1. The number of fused-ring (bicyclic) bond motifs is 1. The molecule has 2 aliphatic rings. The largest absolute Gasteiger partial charge is 0.380 e. The van der Waals surface area contributed by atoms with Gasteiger partial charge in [-0.05, 0) is 13.3 Å². The number of carbonyl (C=O) groups excluding carboxylic acids is 1. The summed E-state index contributed by atoms with van der Waals surface area (Å²) < 4.78 is 5.26. The average Bonchev–Trinajstić information content (AvgIpc) is 2.70. The fraction of sp³-hybridized carbons (Fsp3) is 0.700. The van der Waals surface area contributed by atoms with Gasteiger partial charge < -0.3 is 10.1 Å². The van der Waals surface area contributed by atoms with Crippen LogP contribution in [0.4, 0.5) is 0 Å². The molecule has 1 aliphatic carbocycles. The van der Waals surface area contributed by atoms with Gasteiger partial charge in [0.25, 0.3) is 0 Å². The highest BCUT2D eigenvalue weighted by Crippen LogP contribution is 2.56. The van der Waals surface area contributed by atoms with E-state index < -0.39 is 0 Å². The summed E-state index contributed by atoms with van der Waals surface area (Å²) in [6.45, 7) is 3.99. The first kappa shape index (κ1) is 8.75. The Kier molecular flexibility index (Phi) is 2.12. The summed E-state index contributed by atoms with van der Waals surface area (Å²) in [6.07, 6.45) is 4.91. The summed E-state index contributed by atoms with van der Waals surface area (Å²) in [5.74, 6) is 0.672. The van der Waals surface area contributed by atoms with Crippen molar-refractivity contribution in [3.63, 3.8) is 0 Å². The molecule has 1 saturated carbocycles. The fourth-order valence-corrected chi connectivity index (χ4v) is 1.95. The van der Waals surface area contributed by atoms with Crippen molar-refractivity contribution >= 4 is 5.91 Å². The first-order valence-corrected chi connectivity index (χ1v) is 4.77. The lowest BCUT2D eigenvalue weighted by Gasteiger charge is -2.09. The first-order chi connectivity index (χ1) is 6.29. The van der Waals surface area contributed by atoms with E-state index in [0.717, 1.165) is 13.0 Å². The van der Waals surface area contributed by atoms with Crippen LogP contribution in [-0.2, 0) is 9.53 Å². The van der Waals surface area contributed by atoms with E-state index in [2.05, 4.69) is 5.32 Å². The molecule has 2 rings (SSSR count). The van der Waals surface area contributed by atoms with Crippen LogP contribution in [0.3, 0.4) is 0 Å². The monoisotopic (exact) mass is 181 g/mol. The Balaban J connectivity index is 1.84. The average molecular weight is 181 g/mol. The van der Waals surface area contributed by atoms with Crippen LogP contribution >= 0.6 is 0 Å². The minimum atomic E-state index is -0.137. The van der Waals surface area contributed by atoms with Gasteiger partial charge in [-0.2, -0.15) is 0 Å². The van der Waals surface area contributed by atoms with Gasteiger partial charge in [0.05, 0.1) is 18.6 Å². The third-order valence-electron chi connectivity index (χ3n) is 2.98. The molecule has 1 saturated heterocycles. The number of rotatable bonds is 3. The van der Waals surface area contributed by atoms with Gasteiger partial charge in [-0.15, -0.1) is 0 Å². The van der Waals surface area contributed by atoms with Crippen LogP contribution in [0.25, 0.3) is 0 Å². The molecule has 3 nitrogen and oxygen atoms in total. The molecule has 0 spiro atoms. The van der Waals surface area contributed by atoms with Gasteiger partial charge in [-0.1, -0.05) is 12.2 Å². The summed E-state index contributed by atoms with van der Waals surface area (Å²) in [7, 11) is 0. The molecule has 1 heterocycles. The predicted octanol–water partition coefficient (Wildman–Crippen LogP) is 0.715. The van der Waals surface area contributed by atoms with Crippen molar-refractivity contribution in [1.82, 2.24) is 5.32 Å². The summed E-state index contributed by atoms with van der Waals surface area (Å²) in [5.41, 5.74) is -0.137. The van der Waals surface area contributed by atoms with Gasteiger partial charge in [0, 0.05) is 12.5 Å². The Morgan fingerprint density at radius 2 is 2.62 bits per heavy atom. The molecule has 2 unspecified atom stereocenters. The molecule has 3 heteroatoms. The zero-order valence-corrected chi connectivity index (χ0v) is 7.88. The van der Waals surface area contributed by atoms with Crippen LogP contribution in [0.5, 0.6) is 0 Å². The second kappa shape index (κ2) is 3.14. The van der Waals surface area contributed by atoms with Crippen molar-refractivity contribution < 1.29 is 9.53 Å². The second-order valence-corrected chi connectivity index (χ2v) is 3.85. The Morgan fingerprint density at radius 1 is 1.77 bits per heavy atom. The van der Waals surface area contributed by atoms with E-state index >= 15 is 0 Å². The Morgan fingerprint density at radius 3 is 3.15 bits per heavy atom. The number of nitrogens with one attached hydrogen (secondary N) is 1. The van der Waals surface area contributed by atoms with Crippen LogP contribution in [0.2, 0.25) is 0 Å². The zero-order chi connectivity index (χ0) is 9.31. The maximum atomic E-state index is 11.7. The van der Waals surface area contributed by atoms with Crippen LogP contribution < -0.4 is 5.32 Å². The summed E-state index contributed by atoms with van der Waals surface area (Å²) in [5, 5.41) is 2.90. The maximum absolute atomic E-state index is 11.7. The van der Waals surface area contributed by atoms with Crippen molar-refractivity contribution in [3.05, 3.63) is 12.2 Å². The Hall–Kier alpha value is -0.830. The van der Waals surface area contributed by atoms with Crippen molar-refractivity contribution in [2.24, 2.45) is 11.3 Å². The SMILES string of the molecule is C/C=C/CNC(=O)C12COCC1C2. The molecule has 13 heavy (non-hydrogen) atoms. The second-order valence-electron chi connectivity index (χ2n) is 3.85. The third kappa shape index (κ3) is 1.37. The van der Waals surface area contributed by atoms with Crippen LogP contribution in [0.1, 0.15) is 13.3 Å². The fourth-order valence-electron chi connectivity index (χ4n) is 1.95. The van der Waals surface area contributed by atoms with Crippen molar-refractivity contribution in [3.8, 4) is 0 Å². The summed E-state index contributed by atoms with van der Waals surface area (Å²) in [4.78, 5) is 11.7. The van der Waals surface area contributed by atoms with Crippen LogP contribution in [-0.4, -0.2) is 25.7 Å². The molecule has 0 radical (unpaired) electrons. The van der Waals surface area contributed by atoms with Gasteiger partial charge in [-0.3, -0.25) is 4.79 Å². The summed E-state index contributed by atoms with van der Waals surface area (Å²) in [6, 6.07) is 0. The molecular weight excluding hydrogens is 166 g/mol. The van der Waals surface area contributed by atoms with Crippen molar-refractivity contribution in [1.29, 1.82) is 0 Å². The first-order valence-electron chi connectivity index (χ1n) is 4.77. The molecule has 0 bridgehead atoms. The standard InChI is InChI=1S/C10H15NO2/c1-2-3-4-11-9(12)10-5-8(10)6-13-7-10/h2-3,8H,4-7H2,1H3,(H,11,12)/b3-2+. The Labute approximate surface area is 78.1 Å². The van der Waals surface area contributed by atoms with Crippen LogP contribution in [0, 0.1) is 11.3 Å². The Bertz CT molecular complexity index is 249. The van der Waals surface area contributed by atoms with E-state index in [1.54, 1.807) is 0 Å². The lowest BCUT2D eigenvalue weighted by Crippen LogP contribution is -2.34. The van der Waals surface area contributed by atoms with E-state index in [1.807, 2.05) is 19.1 Å². The van der Waals surface area contributed by atoms with Crippen molar-refractivity contribution in [2.45, 2.75) is 13.3 Å². The molecule has 0 aromatic rings.